The standard InChI is InChI=1S/C11H15NO3/c1-4-14-10-9(6-5-7-12-10)11(13)15-8(2)3/h5-8H,4H2,1-3H3. The van der Waals surface area contributed by atoms with E-state index in [2.05, 4.69) is 4.98 Å². The summed E-state index contributed by atoms with van der Waals surface area (Å²) in [5.41, 5.74) is 0.369. The van der Waals surface area contributed by atoms with E-state index in [-0.39, 0.29) is 6.10 Å². The van der Waals surface area contributed by atoms with Gasteiger partial charge in [-0.05, 0) is 32.9 Å². The first kappa shape index (κ1) is 11.5. The lowest BCUT2D eigenvalue weighted by Gasteiger charge is -2.10. The average molecular weight is 209 g/mol. The second-order valence-corrected chi connectivity index (χ2v) is 3.24. The SMILES string of the molecule is CCOc1ncccc1C(=O)OC(C)C. The molecule has 0 N–H and O–H groups in total. The summed E-state index contributed by atoms with van der Waals surface area (Å²) < 4.78 is 10.3. The number of hydrogen-bond donors (Lipinski definition) is 0. The number of aromatic nitrogens is 1. The predicted octanol–water partition coefficient (Wildman–Crippen LogP) is 2.05. The molecule has 1 aromatic heterocycles. The van der Waals surface area contributed by atoms with Crippen molar-refractivity contribution in [1.29, 1.82) is 0 Å². The minimum Gasteiger partial charge on any atom is -0.477 e. The Hall–Kier alpha value is -1.58. The smallest absolute Gasteiger partial charge is 0.343 e. The summed E-state index contributed by atoms with van der Waals surface area (Å²) in [5, 5.41) is 0. The molecule has 1 rings (SSSR count). The van der Waals surface area contributed by atoms with Gasteiger partial charge >= 0.3 is 5.97 Å². The van der Waals surface area contributed by atoms with Crippen molar-refractivity contribution in [3.8, 4) is 5.88 Å². The molecule has 4 nitrogen and oxygen atoms in total. The van der Waals surface area contributed by atoms with Crippen LogP contribution in [0.4, 0.5) is 0 Å². The van der Waals surface area contributed by atoms with E-state index in [1.807, 2.05) is 6.92 Å². The summed E-state index contributed by atoms with van der Waals surface area (Å²) in [4.78, 5) is 15.6. The maximum Gasteiger partial charge on any atom is 0.343 e. The van der Waals surface area contributed by atoms with Crippen LogP contribution in [-0.4, -0.2) is 23.7 Å². The zero-order valence-corrected chi connectivity index (χ0v) is 9.19. The molecule has 82 valence electrons. The Morgan fingerprint density at radius 3 is 2.87 bits per heavy atom. The van der Waals surface area contributed by atoms with Crippen molar-refractivity contribution in [3.63, 3.8) is 0 Å². The molecule has 0 saturated heterocycles. The molecule has 0 aliphatic heterocycles. The molecule has 15 heavy (non-hydrogen) atoms. The lowest BCUT2D eigenvalue weighted by molar-refractivity contribution is 0.0372. The van der Waals surface area contributed by atoms with Crippen molar-refractivity contribution in [2.24, 2.45) is 0 Å². The van der Waals surface area contributed by atoms with Gasteiger partial charge in [0.1, 0.15) is 5.56 Å². The van der Waals surface area contributed by atoms with Crippen LogP contribution in [0.2, 0.25) is 0 Å². The number of hydrogen-bond acceptors (Lipinski definition) is 4. The molecular formula is C11H15NO3. The monoisotopic (exact) mass is 209 g/mol. The number of rotatable bonds is 4. The van der Waals surface area contributed by atoms with Crippen LogP contribution in [0.25, 0.3) is 0 Å². The lowest BCUT2D eigenvalue weighted by atomic mass is 10.3. The fourth-order valence-electron chi connectivity index (χ4n) is 1.08. The minimum absolute atomic E-state index is 0.146. The van der Waals surface area contributed by atoms with Crippen molar-refractivity contribution in [1.82, 2.24) is 4.98 Å². The molecule has 0 saturated carbocycles. The van der Waals surface area contributed by atoms with Gasteiger partial charge in [-0.2, -0.15) is 0 Å². The molecule has 0 radical (unpaired) electrons. The van der Waals surface area contributed by atoms with Crippen molar-refractivity contribution in [3.05, 3.63) is 23.9 Å². The fraction of sp³-hybridized carbons (Fsp3) is 0.455. The highest BCUT2D eigenvalue weighted by atomic mass is 16.5. The molecule has 0 atom stereocenters. The fourth-order valence-corrected chi connectivity index (χ4v) is 1.08. The lowest BCUT2D eigenvalue weighted by Crippen LogP contribution is -2.13. The molecule has 0 amide bonds. The van der Waals surface area contributed by atoms with Crippen molar-refractivity contribution in [2.75, 3.05) is 6.61 Å². The van der Waals surface area contributed by atoms with Crippen LogP contribution in [0, 0.1) is 0 Å². The number of esters is 1. The van der Waals surface area contributed by atoms with Crippen LogP contribution >= 0.6 is 0 Å². The molecule has 0 spiro atoms. The summed E-state index contributed by atoms with van der Waals surface area (Å²) in [5.74, 6) is -0.0767. The van der Waals surface area contributed by atoms with Gasteiger partial charge in [0.2, 0.25) is 5.88 Å². The Bertz CT molecular complexity index is 336. The van der Waals surface area contributed by atoms with Crippen molar-refractivity contribution >= 4 is 5.97 Å². The van der Waals surface area contributed by atoms with E-state index in [9.17, 15) is 4.79 Å². The molecule has 0 unspecified atom stereocenters. The third-order valence-electron chi connectivity index (χ3n) is 1.61. The first-order valence-electron chi connectivity index (χ1n) is 4.94. The number of carbonyl (C=O) groups is 1. The van der Waals surface area contributed by atoms with Gasteiger partial charge in [0.05, 0.1) is 12.7 Å². The molecule has 0 bridgehead atoms. The van der Waals surface area contributed by atoms with Gasteiger partial charge < -0.3 is 9.47 Å². The first-order valence-corrected chi connectivity index (χ1v) is 4.94. The molecule has 0 fully saturated rings. The Morgan fingerprint density at radius 2 is 2.27 bits per heavy atom. The first-order chi connectivity index (χ1) is 7.15. The Labute approximate surface area is 89.2 Å². The zero-order valence-electron chi connectivity index (χ0n) is 9.19. The van der Waals surface area contributed by atoms with Gasteiger partial charge in [-0.3, -0.25) is 0 Å². The molecule has 0 aliphatic rings. The Balaban J connectivity index is 2.87. The van der Waals surface area contributed by atoms with Gasteiger partial charge in [-0.15, -0.1) is 0 Å². The molecular weight excluding hydrogens is 194 g/mol. The van der Waals surface area contributed by atoms with Crippen molar-refractivity contribution < 1.29 is 14.3 Å². The maximum absolute atomic E-state index is 11.6. The van der Waals surface area contributed by atoms with E-state index in [0.29, 0.717) is 18.1 Å². The van der Waals surface area contributed by atoms with E-state index in [1.165, 1.54) is 0 Å². The van der Waals surface area contributed by atoms with Gasteiger partial charge in [-0.1, -0.05) is 0 Å². The average Bonchev–Trinajstić information content (AvgIpc) is 2.18. The summed E-state index contributed by atoms with van der Waals surface area (Å²) in [6.07, 6.45) is 1.43. The molecule has 0 aliphatic carbocycles. The van der Waals surface area contributed by atoms with E-state index < -0.39 is 5.97 Å². The summed E-state index contributed by atoms with van der Waals surface area (Å²) in [7, 11) is 0. The van der Waals surface area contributed by atoms with E-state index in [1.54, 1.807) is 32.2 Å². The quantitative estimate of drug-likeness (QED) is 0.712. The normalized spacial score (nSPS) is 10.1. The third kappa shape index (κ3) is 3.23. The second kappa shape index (κ2) is 5.34. The Morgan fingerprint density at radius 1 is 1.53 bits per heavy atom. The third-order valence-corrected chi connectivity index (χ3v) is 1.61. The second-order valence-electron chi connectivity index (χ2n) is 3.24. The summed E-state index contributed by atoms with van der Waals surface area (Å²) >= 11 is 0. The largest absolute Gasteiger partial charge is 0.477 e. The van der Waals surface area contributed by atoms with Crippen LogP contribution in [0.5, 0.6) is 5.88 Å². The topological polar surface area (TPSA) is 48.4 Å². The van der Waals surface area contributed by atoms with Crippen molar-refractivity contribution in [2.45, 2.75) is 26.9 Å². The maximum atomic E-state index is 11.6. The van der Waals surface area contributed by atoms with E-state index in [0.717, 1.165) is 0 Å². The van der Waals surface area contributed by atoms with Crippen LogP contribution < -0.4 is 4.74 Å². The van der Waals surface area contributed by atoms with Crippen LogP contribution in [0.1, 0.15) is 31.1 Å². The van der Waals surface area contributed by atoms with Gasteiger partial charge in [0.15, 0.2) is 0 Å². The van der Waals surface area contributed by atoms with Gasteiger partial charge in [-0.25, -0.2) is 9.78 Å². The van der Waals surface area contributed by atoms with Crippen LogP contribution in [-0.2, 0) is 4.74 Å². The molecule has 4 heteroatoms. The Kier molecular flexibility index (Phi) is 4.09. The highest BCUT2D eigenvalue weighted by molar-refractivity contribution is 5.91. The highest BCUT2D eigenvalue weighted by Crippen LogP contribution is 2.15. The zero-order chi connectivity index (χ0) is 11.3. The minimum atomic E-state index is -0.401. The summed E-state index contributed by atoms with van der Waals surface area (Å²) in [6, 6.07) is 3.32. The molecule has 0 aromatic carbocycles. The number of nitrogens with zero attached hydrogens (tertiary/aromatic N) is 1. The summed E-state index contributed by atoms with van der Waals surface area (Å²) in [6.45, 7) is 5.91. The van der Waals surface area contributed by atoms with E-state index >= 15 is 0 Å². The molecule has 1 aromatic rings. The molecule has 1 heterocycles. The van der Waals surface area contributed by atoms with Crippen LogP contribution in [0.15, 0.2) is 18.3 Å². The van der Waals surface area contributed by atoms with E-state index in [4.69, 9.17) is 9.47 Å². The van der Waals surface area contributed by atoms with Gasteiger partial charge in [0, 0.05) is 6.20 Å². The number of ether oxygens (including phenoxy) is 2. The van der Waals surface area contributed by atoms with Gasteiger partial charge in [0.25, 0.3) is 0 Å². The number of pyridine rings is 1. The van der Waals surface area contributed by atoms with Crippen LogP contribution in [0.3, 0.4) is 0 Å². The predicted molar refractivity (Wildman–Crippen MR) is 56.0 cm³/mol. The number of carbonyl (C=O) groups excluding carboxylic acids is 1. The highest BCUT2D eigenvalue weighted by Gasteiger charge is 2.15.